The third-order valence-electron chi connectivity index (χ3n) is 4.31. The minimum atomic E-state index is -3.65. The zero-order chi connectivity index (χ0) is 19.4. The first-order chi connectivity index (χ1) is 12.9. The van der Waals surface area contributed by atoms with Crippen molar-refractivity contribution in [2.24, 2.45) is 5.73 Å². The van der Waals surface area contributed by atoms with Gasteiger partial charge in [-0.1, -0.05) is 6.07 Å². The van der Waals surface area contributed by atoms with Crippen LogP contribution in [0.5, 0.6) is 11.5 Å². The fourth-order valence-corrected chi connectivity index (χ4v) is 4.49. The summed E-state index contributed by atoms with van der Waals surface area (Å²) in [7, 11) is -2.16. The number of ether oxygens (including phenoxy) is 2. The fourth-order valence-electron chi connectivity index (χ4n) is 2.94. The Hall–Kier alpha value is -2.65. The zero-order valence-corrected chi connectivity index (χ0v) is 15.7. The minimum Gasteiger partial charge on any atom is -0.497 e. The summed E-state index contributed by atoms with van der Waals surface area (Å²) in [5, 5.41) is 0. The molecule has 1 saturated heterocycles. The predicted molar refractivity (Wildman–Crippen MR) is 98.2 cm³/mol. The molecule has 2 aromatic rings. The van der Waals surface area contributed by atoms with Gasteiger partial charge in [-0.25, -0.2) is 8.42 Å². The first kappa shape index (κ1) is 19.1. The van der Waals surface area contributed by atoms with Gasteiger partial charge in [0.2, 0.25) is 10.0 Å². The van der Waals surface area contributed by atoms with Crippen molar-refractivity contribution in [1.29, 1.82) is 0 Å². The molecule has 0 saturated carbocycles. The maximum atomic E-state index is 12.9. The van der Waals surface area contributed by atoms with Gasteiger partial charge in [-0.3, -0.25) is 9.78 Å². The molecule has 1 atom stereocenters. The van der Waals surface area contributed by atoms with Crippen molar-refractivity contribution in [1.82, 2.24) is 9.29 Å². The molecule has 1 fully saturated rings. The highest BCUT2D eigenvalue weighted by Crippen LogP contribution is 2.25. The van der Waals surface area contributed by atoms with Crippen molar-refractivity contribution in [3.63, 3.8) is 0 Å². The number of rotatable bonds is 6. The summed E-state index contributed by atoms with van der Waals surface area (Å²) in [6.07, 6.45) is 2.48. The molecule has 8 nitrogen and oxygen atoms in total. The molecule has 1 amide bonds. The highest BCUT2D eigenvalue weighted by atomic mass is 32.2. The number of piperidine rings is 1. The summed E-state index contributed by atoms with van der Waals surface area (Å²) < 4.78 is 38.3. The Labute approximate surface area is 158 Å². The van der Waals surface area contributed by atoms with Crippen LogP contribution in [0.1, 0.15) is 23.3 Å². The molecule has 0 radical (unpaired) electrons. The number of nitrogens with zero attached hydrogens (tertiary/aromatic N) is 2. The molecule has 0 spiro atoms. The summed E-state index contributed by atoms with van der Waals surface area (Å²) in [5.74, 6) is 0.271. The number of hydrogen-bond donors (Lipinski definition) is 1. The van der Waals surface area contributed by atoms with Crippen molar-refractivity contribution in [3.05, 3.63) is 48.3 Å². The second-order valence-corrected chi connectivity index (χ2v) is 8.10. The van der Waals surface area contributed by atoms with E-state index < -0.39 is 15.9 Å². The van der Waals surface area contributed by atoms with Crippen LogP contribution in [0.4, 0.5) is 0 Å². The van der Waals surface area contributed by atoms with Crippen LogP contribution in [-0.4, -0.2) is 49.9 Å². The molecule has 2 N–H and O–H groups in total. The van der Waals surface area contributed by atoms with Gasteiger partial charge in [0.05, 0.1) is 18.6 Å². The number of primary amides is 1. The van der Waals surface area contributed by atoms with Crippen LogP contribution in [0.2, 0.25) is 0 Å². The van der Waals surface area contributed by atoms with Gasteiger partial charge in [-0.15, -0.1) is 0 Å². The molecule has 3 rings (SSSR count). The number of amides is 1. The molecule has 0 bridgehead atoms. The molecule has 27 heavy (non-hydrogen) atoms. The number of carbonyl (C=O) groups is 1. The maximum Gasteiger partial charge on any atom is 0.267 e. The Morgan fingerprint density at radius 3 is 2.81 bits per heavy atom. The lowest BCUT2D eigenvalue weighted by Crippen LogP contribution is -2.44. The van der Waals surface area contributed by atoms with E-state index in [1.54, 1.807) is 24.3 Å². The van der Waals surface area contributed by atoms with Crippen LogP contribution >= 0.6 is 0 Å². The Kier molecular flexibility index (Phi) is 5.62. The summed E-state index contributed by atoms with van der Waals surface area (Å²) in [6, 6.07) is 9.46. The number of carbonyl (C=O) groups excluding carboxylic acids is 1. The van der Waals surface area contributed by atoms with Crippen molar-refractivity contribution in [3.8, 4) is 11.5 Å². The molecular formula is C18H21N3O5S. The molecule has 1 aromatic heterocycles. The van der Waals surface area contributed by atoms with Crippen LogP contribution in [0.3, 0.4) is 0 Å². The van der Waals surface area contributed by atoms with E-state index in [1.165, 1.54) is 29.7 Å². The lowest BCUT2D eigenvalue weighted by molar-refractivity contribution is 0.0993. The molecular weight excluding hydrogens is 370 g/mol. The molecule has 144 valence electrons. The van der Waals surface area contributed by atoms with Gasteiger partial charge in [-0.05, 0) is 31.0 Å². The van der Waals surface area contributed by atoms with Gasteiger partial charge in [0.1, 0.15) is 23.3 Å². The first-order valence-electron chi connectivity index (χ1n) is 8.47. The Morgan fingerprint density at radius 1 is 1.26 bits per heavy atom. The van der Waals surface area contributed by atoms with Crippen LogP contribution in [-0.2, 0) is 10.0 Å². The number of sulfonamides is 1. The molecule has 1 aliphatic heterocycles. The molecule has 9 heteroatoms. The van der Waals surface area contributed by atoms with E-state index in [1.807, 2.05) is 0 Å². The van der Waals surface area contributed by atoms with Gasteiger partial charge in [-0.2, -0.15) is 4.31 Å². The monoisotopic (exact) mass is 391 g/mol. The topological polar surface area (TPSA) is 112 Å². The SMILES string of the molecule is COc1cccc(S(=O)(=O)N2CCCC(Oc3ccnc(C(N)=O)c3)C2)c1. The minimum absolute atomic E-state index is 0.101. The molecule has 1 aliphatic rings. The molecule has 1 aromatic carbocycles. The highest BCUT2D eigenvalue weighted by Gasteiger charge is 2.31. The van der Waals surface area contributed by atoms with Gasteiger partial charge in [0.15, 0.2) is 0 Å². The summed E-state index contributed by atoms with van der Waals surface area (Å²) >= 11 is 0. The Balaban J connectivity index is 1.75. The van der Waals surface area contributed by atoms with E-state index in [9.17, 15) is 13.2 Å². The number of hydrogen-bond acceptors (Lipinski definition) is 6. The van der Waals surface area contributed by atoms with Crippen LogP contribution in [0, 0.1) is 0 Å². The van der Waals surface area contributed by atoms with Gasteiger partial charge in [0.25, 0.3) is 5.91 Å². The predicted octanol–water partition coefficient (Wildman–Crippen LogP) is 1.42. The van der Waals surface area contributed by atoms with Crippen LogP contribution in [0.25, 0.3) is 0 Å². The number of aromatic nitrogens is 1. The summed E-state index contributed by atoms with van der Waals surface area (Å²) in [4.78, 5) is 15.3. The van der Waals surface area contributed by atoms with Gasteiger partial charge in [0, 0.05) is 24.9 Å². The average Bonchev–Trinajstić information content (AvgIpc) is 2.68. The second kappa shape index (κ2) is 7.93. The van der Waals surface area contributed by atoms with Crippen LogP contribution in [0.15, 0.2) is 47.5 Å². The van der Waals surface area contributed by atoms with Crippen molar-refractivity contribution in [2.75, 3.05) is 20.2 Å². The first-order valence-corrected chi connectivity index (χ1v) is 9.91. The van der Waals surface area contributed by atoms with Crippen molar-refractivity contribution >= 4 is 15.9 Å². The van der Waals surface area contributed by atoms with Crippen LogP contribution < -0.4 is 15.2 Å². The number of benzene rings is 1. The van der Waals surface area contributed by atoms with Crippen molar-refractivity contribution in [2.45, 2.75) is 23.8 Å². The normalized spacial score (nSPS) is 18.0. The lowest BCUT2D eigenvalue weighted by atomic mass is 10.1. The largest absolute Gasteiger partial charge is 0.497 e. The smallest absolute Gasteiger partial charge is 0.267 e. The van der Waals surface area contributed by atoms with E-state index >= 15 is 0 Å². The number of nitrogens with two attached hydrogens (primary N) is 1. The maximum absolute atomic E-state index is 12.9. The van der Waals surface area contributed by atoms with E-state index in [0.717, 1.165) is 0 Å². The third kappa shape index (κ3) is 4.37. The van der Waals surface area contributed by atoms with E-state index in [0.29, 0.717) is 30.9 Å². The zero-order valence-electron chi connectivity index (χ0n) is 14.9. The lowest BCUT2D eigenvalue weighted by Gasteiger charge is -2.32. The number of methoxy groups -OCH3 is 1. The van der Waals surface area contributed by atoms with Gasteiger partial charge >= 0.3 is 0 Å². The molecule has 1 unspecified atom stereocenters. The number of pyridine rings is 1. The summed E-state index contributed by atoms with van der Waals surface area (Å²) in [6.45, 7) is 0.635. The quantitative estimate of drug-likeness (QED) is 0.797. The van der Waals surface area contributed by atoms with Gasteiger partial charge < -0.3 is 15.2 Å². The fraction of sp³-hybridized carbons (Fsp3) is 0.333. The Morgan fingerprint density at radius 2 is 2.07 bits per heavy atom. The van der Waals surface area contributed by atoms with E-state index in [2.05, 4.69) is 4.98 Å². The average molecular weight is 391 g/mol. The standard InChI is InChI=1S/C18H21N3O5S/c1-25-13-4-2-6-16(10-13)27(23,24)21-9-3-5-15(12-21)26-14-7-8-20-17(11-14)18(19)22/h2,4,6-8,10-11,15H,3,5,9,12H2,1H3,(H2,19,22). The summed E-state index contributed by atoms with van der Waals surface area (Å²) in [5.41, 5.74) is 5.33. The third-order valence-corrected chi connectivity index (χ3v) is 6.17. The molecule has 2 heterocycles. The van der Waals surface area contributed by atoms with E-state index in [4.69, 9.17) is 15.2 Å². The Bertz CT molecular complexity index is 932. The second-order valence-electron chi connectivity index (χ2n) is 6.17. The van der Waals surface area contributed by atoms with E-state index in [-0.39, 0.29) is 23.2 Å². The van der Waals surface area contributed by atoms with Crippen molar-refractivity contribution < 1.29 is 22.7 Å². The highest BCUT2D eigenvalue weighted by molar-refractivity contribution is 7.89. The molecule has 0 aliphatic carbocycles.